The molecule has 0 saturated carbocycles. The van der Waals surface area contributed by atoms with Crippen LogP contribution in [0.25, 0.3) is 0 Å². The summed E-state index contributed by atoms with van der Waals surface area (Å²) in [7, 11) is 0. The lowest BCUT2D eigenvalue weighted by Crippen LogP contribution is -2.38. The van der Waals surface area contributed by atoms with Gasteiger partial charge >= 0.3 is 6.01 Å². The van der Waals surface area contributed by atoms with Crippen LogP contribution in [0.2, 0.25) is 0 Å². The van der Waals surface area contributed by atoms with Gasteiger partial charge in [0.25, 0.3) is 0 Å². The molecule has 0 aliphatic carbocycles. The van der Waals surface area contributed by atoms with Crippen LogP contribution in [0.15, 0.2) is 40.6 Å². The molecule has 3 heterocycles. The molecule has 1 atom stereocenters. The van der Waals surface area contributed by atoms with Crippen LogP contribution in [0, 0.1) is 6.92 Å². The van der Waals surface area contributed by atoms with Crippen molar-refractivity contribution in [2.75, 3.05) is 51.1 Å². The molecular formula is C22H30N6O3. The highest BCUT2D eigenvalue weighted by atomic mass is 16.5. The SMILES string of the molecule is Cc1cccc(N=NCc2cc(N3CCOCC3)nc(OCCC3CCOCN3)n2)c1. The Bertz CT molecular complexity index is 866. The fourth-order valence-electron chi connectivity index (χ4n) is 3.55. The number of nitrogens with one attached hydrogen (secondary N) is 1. The minimum absolute atomic E-state index is 0.367. The fraction of sp³-hybridized carbons (Fsp3) is 0.545. The molecular weight excluding hydrogens is 396 g/mol. The van der Waals surface area contributed by atoms with Crippen molar-refractivity contribution in [1.29, 1.82) is 0 Å². The van der Waals surface area contributed by atoms with Crippen LogP contribution < -0.4 is 15.0 Å². The van der Waals surface area contributed by atoms with Crippen LogP contribution in [-0.4, -0.2) is 62.3 Å². The molecule has 2 saturated heterocycles. The largest absolute Gasteiger partial charge is 0.463 e. The van der Waals surface area contributed by atoms with Gasteiger partial charge < -0.3 is 19.1 Å². The third-order valence-corrected chi connectivity index (χ3v) is 5.28. The standard InChI is InChI=1S/C22H30N6O3/c1-17-3-2-4-19(13-17)27-24-15-20-14-21(28-7-11-29-12-8-28)26-22(25-20)31-10-6-18-5-9-30-16-23-18/h2-4,13-14,18,23H,5-12,15-16H2,1H3. The van der Waals surface area contributed by atoms with Crippen molar-refractivity contribution in [3.8, 4) is 6.01 Å². The predicted molar refractivity (Wildman–Crippen MR) is 117 cm³/mol. The summed E-state index contributed by atoms with van der Waals surface area (Å²) in [6.07, 6.45) is 1.87. The number of azo groups is 1. The third-order valence-electron chi connectivity index (χ3n) is 5.28. The molecule has 2 aliphatic rings. The molecule has 31 heavy (non-hydrogen) atoms. The van der Waals surface area contributed by atoms with Gasteiger partial charge in [-0.1, -0.05) is 12.1 Å². The average Bonchev–Trinajstić information content (AvgIpc) is 2.80. The van der Waals surface area contributed by atoms with Crippen LogP contribution >= 0.6 is 0 Å². The van der Waals surface area contributed by atoms with E-state index in [2.05, 4.69) is 30.4 Å². The number of aromatic nitrogens is 2. The predicted octanol–water partition coefficient (Wildman–Crippen LogP) is 3.01. The van der Waals surface area contributed by atoms with Crippen molar-refractivity contribution in [3.05, 3.63) is 41.6 Å². The zero-order valence-corrected chi connectivity index (χ0v) is 18.0. The van der Waals surface area contributed by atoms with Crippen LogP contribution in [0.1, 0.15) is 24.1 Å². The Labute approximate surface area is 182 Å². The Hall–Kier alpha value is -2.62. The molecule has 9 heteroatoms. The van der Waals surface area contributed by atoms with E-state index in [1.165, 1.54) is 0 Å². The number of nitrogens with zero attached hydrogens (tertiary/aromatic N) is 5. The first kappa shape index (κ1) is 21.6. The maximum absolute atomic E-state index is 5.93. The van der Waals surface area contributed by atoms with Crippen molar-refractivity contribution in [2.24, 2.45) is 10.2 Å². The van der Waals surface area contributed by atoms with E-state index in [4.69, 9.17) is 14.2 Å². The van der Waals surface area contributed by atoms with Crippen LogP contribution in [-0.2, 0) is 16.0 Å². The number of anilines is 1. The van der Waals surface area contributed by atoms with Crippen molar-refractivity contribution >= 4 is 11.5 Å². The summed E-state index contributed by atoms with van der Waals surface area (Å²) in [5, 5.41) is 12.0. The van der Waals surface area contributed by atoms with Gasteiger partial charge in [0.15, 0.2) is 0 Å². The first-order valence-electron chi connectivity index (χ1n) is 10.8. The molecule has 1 N–H and O–H groups in total. The highest BCUT2D eigenvalue weighted by Crippen LogP contribution is 2.20. The number of aryl methyl sites for hydroxylation is 1. The normalized spacial score (nSPS) is 19.6. The summed E-state index contributed by atoms with van der Waals surface area (Å²) in [5.74, 6) is 0.846. The van der Waals surface area contributed by atoms with E-state index in [1.54, 1.807) is 0 Å². The van der Waals surface area contributed by atoms with Gasteiger partial charge in [-0.15, -0.1) is 0 Å². The lowest BCUT2D eigenvalue weighted by molar-refractivity contribution is 0.0556. The quantitative estimate of drug-likeness (QED) is 0.649. The van der Waals surface area contributed by atoms with E-state index in [0.717, 1.165) is 55.3 Å². The summed E-state index contributed by atoms with van der Waals surface area (Å²) >= 11 is 0. The zero-order chi connectivity index (χ0) is 21.3. The van der Waals surface area contributed by atoms with E-state index in [1.807, 2.05) is 37.3 Å². The van der Waals surface area contributed by atoms with Crippen molar-refractivity contribution in [3.63, 3.8) is 0 Å². The molecule has 2 aromatic rings. The van der Waals surface area contributed by atoms with Gasteiger partial charge in [-0.05, 0) is 37.5 Å². The van der Waals surface area contributed by atoms with Gasteiger partial charge in [-0.25, -0.2) is 0 Å². The van der Waals surface area contributed by atoms with Gasteiger partial charge in [0.2, 0.25) is 0 Å². The molecule has 2 aliphatic heterocycles. The summed E-state index contributed by atoms with van der Waals surface area (Å²) in [4.78, 5) is 11.4. The number of morpholine rings is 1. The van der Waals surface area contributed by atoms with Crippen LogP contribution in [0.4, 0.5) is 11.5 Å². The molecule has 1 aromatic heterocycles. The number of hydrogen-bond donors (Lipinski definition) is 1. The van der Waals surface area contributed by atoms with Crippen molar-refractivity contribution in [1.82, 2.24) is 15.3 Å². The number of hydrogen-bond acceptors (Lipinski definition) is 9. The molecule has 2 fully saturated rings. The van der Waals surface area contributed by atoms with Gasteiger partial charge in [0.1, 0.15) is 12.4 Å². The Balaban J connectivity index is 1.43. The van der Waals surface area contributed by atoms with E-state index >= 15 is 0 Å². The minimum Gasteiger partial charge on any atom is -0.463 e. The lowest BCUT2D eigenvalue weighted by Gasteiger charge is -2.28. The van der Waals surface area contributed by atoms with Crippen LogP contribution in [0.5, 0.6) is 6.01 Å². The molecule has 0 radical (unpaired) electrons. The summed E-state index contributed by atoms with van der Waals surface area (Å²) in [5.41, 5.74) is 2.78. The Morgan fingerprint density at radius 3 is 2.87 bits per heavy atom. The van der Waals surface area contributed by atoms with Gasteiger partial charge in [0.05, 0.1) is 37.9 Å². The van der Waals surface area contributed by atoms with E-state index in [9.17, 15) is 0 Å². The minimum atomic E-state index is 0.367. The second kappa shape index (κ2) is 11.1. The third kappa shape index (κ3) is 6.68. The molecule has 1 unspecified atom stereocenters. The van der Waals surface area contributed by atoms with Crippen molar-refractivity contribution < 1.29 is 14.2 Å². The smallest absolute Gasteiger partial charge is 0.318 e. The van der Waals surface area contributed by atoms with E-state index < -0.39 is 0 Å². The number of ether oxygens (including phenoxy) is 3. The van der Waals surface area contributed by atoms with E-state index in [-0.39, 0.29) is 0 Å². The first-order valence-corrected chi connectivity index (χ1v) is 10.8. The Morgan fingerprint density at radius 1 is 1.16 bits per heavy atom. The number of benzene rings is 1. The maximum atomic E-state index is 5.93. The highest BCUT2D eigenvalue weighted by molar-refractivity contribution is 5.41. The van der Waals surface area contributed by atoms with Gasteiger partial charge in [0, 0.05) is 31.8 Å². The molecule has 0 spiro atoms. The summed E-state index contributed by atoms with van der Waals surface area (Å²) in [6, 6.07) is 10.7. The Kier molecular flexibility index (Phi) is 7.76. The van der Waals surface area contributed by atoms with Gasteiger partial charge in [-0.3, -0.25) is 5.32 Å². The van der Waals surface area contributed by atoms with Crippen molar-refractivity contribution in [2.45, 2.75) is 32.4 Å². The summed E-state index contributed by atoms with van der Waals surface area (Å²) in [6.45, 7) is 7.33. The monoisotopic (exact) mass is 426 g/mol. The maximum Gasteiger partial charge on any atom is 0.318 e. The molecule has 166 valence electrons. The average molecular weight is 427 g/mol. The second-order valence-electron chi connectivity index (χ2n) is 7.72. The van der Waals surface area contributed by atoms with E-state index in [0.29, 0.717) is 45.1 Å². The molecule has 9 nitrogen and oxygen atoms in total. The molecule has 1 aromatic carbocycles. The molecule has 0 amide bonds. The molecule has 4 rings (SSSR count). The second-order valence-corrected chi connectivity index (χ2v) is 7.72. The zero-order valence-electron chi connectivity index (χ0n) is 18.0. The van der Waals surface area contributed by atoms with Gasteiger partial charge in [-0.2, -0.15) is 20.2 Å². The number of rotatable bonds is 8. The molecule has 0 bridgehead atoms. The first-order chi connectivity index (χ1) is 15.3. The topological polar surface area (TPSA) is 93.5 Å². The van der Waals surface area contributed by atoms with Crippen LogP contribution in [0.3, 0.4) is 0 Å². The highest BCUT2D eigenvalue weighted by Gasteiger charge is 2.17. The lowest BCUT2D eigenvalue weighted by atomic mass is 10.1. The summed E-state index contributed by atoms with van der Waals surface area (Å²) < 4.78 is 16.7. The Morgan fingerprint density at radius 2 is 2.06 bits per heavy atom. The fourth-order valence-corrected chi connectivity index (χ4v) is 3.55.